The van der Waals surface area contributed by atoms with E-state index >= 15 is 0 Å². The number of hydrogen-bond donors (Lipinski definition) is 3. The molecule has 3 N–H and O–H groups in total. The van der Waals surface area contributed by atoms with Crippen LogP contribution >= 0.6 is 21.6 Å². The Kier molecular flexibility index (Phi) is 26.7. The zero-order valence-electron chi connectivity index (χ0n) is 25.1. The number of rotatable bonds is 19. The molecule has 0 fully saturated rings. The molecule has 0 spiro atoms. The molecule has 0 aromatic rings. The fraction of sp³-hybridized carbons (Fsp3) is 0.714. The molecule has 1 aliphatic heterocycles. The monoisotopic (exact) mass is 608 g/mol. The lowest BCUT2D eigenvalue weighted by Crippen LogP contribution is -2.38. The molecule has 1 unspecified atom stereocenters. The quantitative estimate of drug-likeness (QED) is 0.110. The third kappa shape index (κ3) is 22.5. The maximum Gasteiger partial charge on any atom is 0.253 e. The first kappa shape index (κ1) is 39.8. The van der Waals surface area contributed by atoms with E-state index in [4.69, 9.17) is 0 Å². The predicted octanol–water partition coefficient (Wildman–Crippen LogP) is 4.53. The highest BCUT2D eigenvalue weighted by Gasteiger charge is 2.22. The lowest BCUT2D eigenvalue weighted by Gasteiger charge is -2.13. The van der Waals surface area contributed by atoms with Gasteiger partial charge in [-0.1, -0.05) is 69.6 Å². The molecule has 0 radical (unpaired) electrons. The smallest absolute Gasteiger partial charge is 0.253 e. The van der Waals surface area contributed by atoms with Crippen LogP contribution in [0.4, 0.5) is 0 Å². The topological polar surface area (TPSA) is 142 Å². The van der Waals surface area contributed by atoms with Crippen LogP contribution in [0.3, 0.4) is 0 Å². The lowest BCUT2D eigenvalue weighted by atomic mass is 10.2. The molecular weight excluding hydrogens is 552 g/mol. The summed E-state index contributed by atoms with van der Waals surface area (Å²) in [4.78, 5) is 68.7. The van der Waals surface area contributed by atoms with Crippen LogP contribution in [0.1, 0.15) is 97.2 Å². The lowest BCUT2D eigenvalue weighted by molar-refractivity contribution is -0.137. The minimum absolute atomic E-state index is 0. The Balaban J connectivity index is -0.000000220. The minimum Gasteiger partial charge on any atom is -0.356 e. The summed E-state index contributed by atoms with van der Waals surface area (Å²) in [5, 5.41) is 8.52. The van der Waals surface area contributed by atoms with Crippen molar-refractivity contribution in [3.63, 3.8) is 0 Å². The van der Waals surface area contributed by atoms with E-state index in [0.29, 0.717) is 38.6 Å². The fourth-order valence-corrected chi connectivity index (χ4v) is 5.23. The third-order valence-corrected chi connectivity index (χ3v) is 8.51. The Morgan fingerprint density at radius 3 is 2.02 bits per heavy atom. The van der Waals surface area contributed by atoms with Crippen molar-refractivity contribution in [2.45, 2.75) is 98.2 Å². The second-order valence-corrected chi connectivity index (χ2v) is 11.5. The summed E-state index contributed by atoms with van der Waals surface area (Å²) in [5.74, 6) is -0.0374. The van der Waals surface area contributed by atoms with Crippen molar-refractivity contribution in [2.24, 2.45) is 0 Å². The van der Waals surface area contributed by atoms with Crippen LogP contribution in [0.5, 0.6) is 0 Å². The van der Waals surface area contributed by atoms with E-state index in [1.54, 1.807) is 6.92 Å². The van der Waals surface area contributed by atoms with Crippen LogP contribution in [0.25, 0.3) is 0 Å². The molecule has 0 aromatic carbocycles. The van der Waals surface area contributed by atoms with Gasteiger partial charge in [0, 0.05) is 59.8 Å². The van der Waals surface area contributed by atoms with Crippen LogP contribution in [-0.4, -0.2) is 77.4 Å². The van der Waals surface area contributed by atoms with Gasteiger partial charge in [0.25, 0.3) is 11.8 Å². The van der Waals surface area contributed by atoms with E-state index in [2.05, 4.69) is 29.8 Å². The molecule has 0 aromatic heterocycles. The number of carbonyl (C=O) groups is 6. The van der Waals surface area contributed by atoms with Gasteiger partial charge in [0.05, 0.1) is 13.1 Å². The van der Waals surface area contributed by atoms with Gasteiger partial charge < -0.3 is 16.0 Å². The molecule has 1 aliphatic rings. The first-order valence-corrected chi connectivity index (χ1v) is 16.7. The van der Waals surface area contributed by atoms with Crippen molar-refractivity contribution < 1.29 is 33.0 Å². The van der Waals surface area contributed by atoms with E-state index in [1.165, 1.54) is 23.5 Å². The Hall–Kier alpha value is -2.34. The molecule has 0 bridgehead atoms. The van der Waals surface area contributed by atoms with Crippen LogP contribution in [0, 0.1) is 0 Å². The van der Waals surface area contributed by atoms with Crippen molar-refractivity contribution in [1.82, 2.24) is 20.9 Å². The maximum atomic E-state index is 11.6. The highest BCUT2D eigenvalue weighted by Crippen LogP contribution is 2.28. The van der Waals surface area contributed by atoms with Gasteiger partial charge in [-0.05, 0) is 25.7 Å². The molecule has 1 atom stereocenters. The van der Waals surface area contributed by atoms with Crippen LogP contribution < -0.4 is 16.0 Å². The summed E-state index contributed by atoms with van der Waals surface area (Å²) < 4.78 is 0. The van der Waals surface area contributed by atoms with Gasteiger partial charge in [0.2, 0.25) is 17.7 Å². The van der Waals surface area contributed by atoms with Crippen molar-refractivity contribution in [2.75, 3.05) is 31.9 Å². The number of amides is 5. The summed E-state index contributed by atoms with van der Waals surface area (Å²) in [5.41, 5.74) is 0. The van der Waals surface area contributed by atoms with E-state index in [1.807, 2.05) is 42.4 Å². The van der Waals surface area contributed by atoms with Crippen molar-refractivity contribution in [3.8, 4) is 0 Å². The van der Waals surface area contributed by atoms with E-state index in [9.17, 15) is 28.8 Å². The number of imide groups is 1. The number of Topliss-reactive ketones (excluding diaryl/α,β-unsaturated/α-hetero) is 1. The Labute approximate surface area is 252 Å². The molecule has 1 rings (SSSR count). The first-order valence-electron chi connectivity index (χ1n) is 14.3. The average Bonchev–Trinajstić information content (AvgIpc) is 3.29. The zero-order valence-corrected chi connectivity index (χ0v) is 26.8. The number of hydrogen-bond acceptors (Lipinski definition) is 8. The fourth-order valence-electron chi connectivity index (χ4n) is 2.75. The van der Waals surface area contributed by atoms with Gasteiger partial charge in [0.1, 0.15) is 0 Å². The molecular formula is C28H56N4O6S2. The third-order valence-electron chi connectivity index (χ3n) is 5.36. The summed E-state index contributed by atoms with van der Waals surface area (Å²) in [6, 6.07) is 0. The highest BCUT2D eigenvalue weighted by atomic mass is 33.1. The standard InChI is InChI=1S/C16H23N3O5.C10H21NOS2.C2H6.3H2/c1-2-12(20)10-17-14(22)11-18-13(21)6-4-3-5-9-19-15(23)7-8-16(19)24;1-4-9(3)14-13-8-6-7-11-10(12)5-2;1-2;;;/h7-8H,2-6,9-11H2,1H3,(H,17,22)(H,18,21);9H,4-8H2,1-3H3,(H,11,12);1-2H3;3*1H. The van der Waals surface area contributed by atoms with E-state index in [-0.39, 0.29) is 53.2 Å². The highest BCUT2D eigenvalue weighted by molar-refractivity contribution is 8.76. The summed E-state index contributed by atoms with van der Waals surface area (Å²) in [7, 11) is 3.86. The van der Waals surface area contributed by atoms with E-state index < -0.39 is 5.91 Å². The Morgan fingerprint density at radius 2 is 1.45 bits per heavy atom. The first-order chi connectivity index (χ1) is 19.1. The summed E-state index contributed by atoms with van der Waals surface area (Å²) in [6.45, 7) is 13.0. The zero-order chi connectivity index (χ0) is 30.8. The summed E-state index contributed by atoms with van der Waals surface area (Å²) >= 11 is 0. The number of unbranched alkanes of at least 4 members (excludes halogenated alkanes) is 2. The van der Waals surface area contributed by atoms with Gasteiger partial charge in [-0.15, -0.1) is 0 Å². The molecule has 0 aliphatic carbocycles. The molecule has 40 heavy (non-hydrogen) atoms. The number of carbonyl (C=O) groups excluding carboxylic acids is 6. The van der Waals surface area contributed by atoms with Gasteiger partial charge in [-0.3, -0.25) is 33.7 Å². The van der Waals surface area contributed by atoms with Gasteiger partial charge >= 0.3 is 0 Å². The Morgan fingerprint density at radius 1 is 0.825 bits per heavy atom. The molecule has 0 saturated carbocycles. The number of ketones is 1. The largest absolute Gasteiger partial charge is 0.356 e. The van der Waals surface area contributed by atoms with Crippen molar-refractivity contribution >= 4 is 56.9 Å². The molecule has 236 valence electrons. The van der Waals surface area contributed by atoms with Crippen molar-refractivity contribution in [1.29, 1.82) is 0 Å². The predicted molar refractivity (Wildman–Crippen MR) is 171 cm³/mol. The average molecular weight is 609 g/mol. The molecule has 5 amide bonds. The molecule has 0 saturated heterocycles. The van der Waals surface area contributed by atoms with Crippen LogP contribution in [0.2, 0.25) is 0 Å². The van der Waals surface area contributed by atoms with Crippen molar-refractivity contribution in [3.05, 3.63) is 12.2 Å². The second-order valence-electron chi connectivity index (χ2n) is 8.61. The van der Waals surface area contributed by atoms with E-state index in [0.717, 1.165) is 24.0 Å². The Bertz CT molecular complexity index is 805. The minimum atomic E-state index is -0.399. The number of nitrogens with zero attached hydrogens (tertiary/aromatic N) is 1. The normalized spacial score (nSPS) is 12.5. The SMILES string of the molecule is CC.CCC(=O)CNC(=O)CNC(=O)CCCCCN1C(=O)C=CC1=O.CCC(=O)NCCCSSC(C)CC.[HH].[HH].[HH]. The maximum absolute atomic E-state index is 11.6. The molecule has 10 nitrogen and oxygen atoms in total. The van der Waals surface area contributed by atoms with Gasteiger partial charge in [0.15, 0.2) is 5.78 Å². The van der Waals surface area contributed by atoms with Crippen LogP contribution in [-0.2, 0) is 28.8 Å². The summed E-state index contributed by atoms with van der Waals surface area (Å²) in [6.07, 6.45) is 7.93. The second kappa shape index (κ2) is 26.9. The van der Waals surface area contributed by atoms with Gasteiger partial charge in [-0.2, -0.15) is 0 Å². The molecule has 12 heteroatoms. The number of nitrogens with one attached hydrogen (secondary N) is 3. The molecule has 1 heterocycles. The van der Waals surface area contributed by atoms with Gasteiger partial charge in [-0.25, -0.2) is 0 Å². The van der Waals surface area contributed by atoms with Crippen LogP contribution in [0.15, 0.2) is 12.2 Å².